The minimum absolute atomic E-state index is 0.0495. The van der Waals surface area contributed by atoms with Crippen LogP contribution in [0.3, 0.4) is 0 Å². The molecule has 0 saturated heterocycles. The minimum atomic E-state index is -0.0495. The maximum atomic E-state index is 10.8. The summed E-state index contributed by atoms with van der Waals surface area (Å²) in [6, 6.07) is 17.9. The Balaban J connectivity index is 1.97. The standard InChI is InChI=1S/C14H14N2OS/c1-11(17)16-18-14-9-7-13(8-10-14)15-12-5-3-2-4-6-12/h2-10,15H,1H3,(H,16,17). The molecule has 0 aliphatic rings. The molecule has 0 heterocycles. The Morgan fingerprint density at radius 3 is 2.17 bits per heavy atom. The van der Waals surface area contributed by atoms with Crippen molar-refractivity contribution in [3.63, 3.8) is 0 Å². The molecule has 2 N–H and O–H groups in total. The Morgan fingerprint density at radius 2 is 1.56 bits per heavy atom. The normalized spacial score (nSPS) is 9.83. The highest BCUT2D eigenvalue weighted by Gasteiger charge is 1.97. The van der Waals surface area contributed by atoms with Gasteiger partial charge < -0.3 is 5.32 Å². The summed E-state index contributed by atoms with van der Waals surface area (Å²) >= 11 is 1.32. The summed E-state index contributed by atoms with van der Waals surface area (Å²) in [5.41, 5.74) is 2.08. The number of carbonyl (C=O) groups is 1. The molecule has 0 bridgehead atoms. The van der Waals surface area contributed by atoms with Crippen LogP contribution in [0.5, 0.6) is 0 Å². The maximum absolute atomic E-state index is 10.8. The van der Waals surface area contributed by atoms with E-state index < -0.39 is 0 Å². The zero-order chi connectivity index (χ0) is 12.8. The molecule has 0 aromatic heterocycles. The second kappa shape index (κ2) is 6.12. The van der Waals surface area contributed by atoms with Crippen molar-refractivity contribution in [2.75, 3.05) is 5.32 Å². The predicted molar refractivity (Wildman–Crippen MR) is 75.8 cm³/mol. The monoisotopic (exact) mass is 258 g/mol. The summed E-state index contributed by atoms with van der Waals surface area (Å²) in [6.07, 6.45) is 0. The lowest BCUT2D eigenvalue weighted by Gasteiger charge is -2.07. The van der Waals surface area contributed by atoms with Gasteiger partial charge in [0.25, 0.3) is 0 Å². The van der Waals surface area contributed by atoms with E-state index in [1.54, 1.807) is 0 Å². The summed E-state index contributed by atoms with van der Waals surface area (Å²) in [7, 11) is 0. The minimum Gasteiger partial charge on any atom is -0.356 e. The van der Waals surface area contributed by atoms with E-state index in [2.05, 4.69) is 10.0 Å². The third-order valence-electron chi connectivity index (χ3n) is 2.23. The Bertz CT molecular complexity index is 511. The number of para-hydroxylation sites is 1. The Morgan fingerprint density at radius 1 is 0.944 bits per heavy atom. The van der Waals surface area contributed by atoms with Crippen molar-refractivity contribution in [3.8, 4) is 0 Å². The van der Waals surface area contributed by atoms with Crippen LogP contribution in [0.4, 0.5) is 11.4 Å². The van der Waals surface area contributed by atoms with Gasteiger partial charge in [0.2, 0.25) is 5.91 Å². The number of rotatable bonds is 4. The SMILES string of the molecule is CC(=O)NSc1ccc(Nc2ccccc2)cc1. The fraction of sp³-hybridized carbons (Fsp3) is 0.0714. The maximum Gasteiger partial charge on any atom is 0.226 e. The number of amides is 1. The van der Waals surface area contributed by atoms with E-state index in [4.69, 9.17) is 0 Å². The highest BCUT2D eigenvalue weighted by Crippen LogP contribution is 2.20. The van der Waals surface area contributed by atoms with Crippen molar-refractivity contribution >= 4 is 29.2 Å². The zero-order valence-corrected chi connectivity index (χ0v) is 10.8. The molecule has 3 nitrogen and oxygen atoms in total. The lowest BCUT2D eigenvalue weighted by molar-refractivity contribution is -0.117. The van der Waals surface area contributed by atoms with E-state index in [1.165, 1.54) is 18.9 Å². The molecule has 0 fully saturated rings. The van der Waals surface area contributed by atoms with E-state index in [0.717, 1.165) is 16.3 Å². The molecule has 0 aliphatic heterocycles. The van der Waals surface area contributed by atoms with Crippen LogP contribution in [-0.4, -0.2) is 5.91 Å². The molecule has 1 amide bonds. The Hall–Kier alpha value is -1.94. The van der Waals surface area contributed by atoms with Gasteiger partial charge in [-0.05, 0) is 48.3 Å². The van der Waals surface area contributed by atoms with Gasteiger partial charge in [0.05, 0.1) is 0 Å². The van der Waals surface area contributed by atoms with Gasteiger partial charge in [-0.25, -0.2) is 0 Å². The van der Waals surface area contributed by atoms with Gasteiger partial charge in [-0.1, -0.05) is 18.2 Å². The third kappa shape index (κ3) is 3.82. The molecule has 92 valence electrons. The molecule has 4 heteroatoms. The second-order valence-corrected chi connectivity index (χ2v) is 4.66. The van der Waals surface area contributed by atoms with Gasteiger partial charge in [0.1, 0.15) is 0 Å². The smallest absolute Gasteiger partial charge is 0.226 e. The number of carbonyl (C=O) groups excluding carboxylic acids is 1. The second-order valence-electron chi connectivity index (χ2n) is 3.78. The van der Waals surface area contributed by atoms with Gasteiger partial charge in [0, 0.05) is 23.2 Å². The first-order valence-electron chi connectivity index (χ1n) is 5.59. The third-order valence-corrected chi connectivity index (χ3v) is 3.13. The molecule has 2 rings (SSSR count). The van der Waals surface area contributed by atoms with Crippen molar-refractivity contribution in [3.05, 3.63) is 54.6 Å². The molecule has 0 atom stereocenters. The predicted octanol–water partition coefficient (Wildman–Crippen LogP) is 3.57. The fourth-order valence-corrected chi connectivity index (χ4v) is 1.96. The molecule has 18 heavy (non-hydrogen) atoms. The molecule has 0 spiro atoms. The summed E-state index contributed by atoms with van der Waals surface area (Å²) in [5, 5.41) is 3.30. The van der Waals surface area contributed by atoms with Crippen LogP contribution < -0.4 is 10.0 Å². The number of benzene rings is 2. The highest BCUT2D eigenvalue weighted by atomic mass is 32.2. The fourth-order valence-electron chi connectivity index (χ4n) is 1.43. The van der Waals surface area contributed by atoms with E-state index in [-0.39, 0.29) is 5.91 Å². The van der Waals surface area contributed by atoms with Crippen LogP contribution in [-0.2, 0) is 4.79 Å². The molecular weight excluding hydrogens is 244 g/mol. The largest absolute Gasteiger partial charge is 0.356 e. The molecule has 0 aliphatic carbocycles. The van der Waals surface area contributed by atoms with Gasteiger partial charge >= 0.3 is 0 Å². The van der Waals surface area contributed by atoms with E-state index in [9.17, 15) is 4.79 Å². The summed E-state index contributed by atoms with van der Waals surface area (Å²) in [6.45, 7) is 1.50. The Labute approximate surface area is 111 Å². The molecule has 2 aromatic rings. The number of hydrogen-bond donors (Lipinski definition) is 2. The molecule has 0 saturated carbocycles. The van der Waals surface area contributed by atoms with E-state index in [1.807, 2.05) is 54.6 Å². The van der Waals surface area contributed by atoms with Crippen LogP contribution in [0.2, 0.25) is 0 Å². The summed E-state index contributed by atoms with van der Waals surface area (Å²) in [5.74, 6) is -0.0495. The van der Waals surface area contributed by atoms with Crippen LogP contribution in [0.25, 0.3) is 0 Å². The zero-order valence-electron chi connectivity index (χ0n) is 10.0. The van der Waals surface area contributed by atoms with Gasteiger partial charge in [-0.2, -0.15) is 0 Å². The lowest BCUT2D eigenvalue weighted by Crippen LogP contribution is -2.09. The molecular formula is C14H14N2OS. The molecule has 2 aromatic carbocycles. The van der Waals surface area contributed by atoms with Crippen molar-refractivity contribution in [1.82, 2.24) is 4.72 Å². The van der Waals surface area contributed by atoms with E-state index >= 15 is 0 Å². The van der Waals surface area contributed by atoms with Gasteiger partial charge in [-0.15, -0.1) is 0 Å². The summed E-state index contributed by atoms with van der Waals surface area (Å²) in [4.78, 5) is 11.8. The molecule has 0 unspecified atom stereocenters. The van der Waals surface area contributed by atoms with E-state index in [0.29, 0.717) is 0 Å². The van der Waals surface area contributed by atoms with Crippen molar-refractivity contribution in [2.45, 2.75) is 11.8 Å². The van der Waals surface area contributed by atoms with Crippen LogP contribution in [0, 0.1) is 0 Å². The average molecular weight is 258 g/mol. The molecule has 0 radical (unpaired) electrons. The van der Waals surface area contributed by atoms with Gasteiger partial charge in [0.15, 0.2) is 0 Å². The summed E-state index contributed by atoms with van der Waals surface area (Å²) < 4.78 is 2.69. The van der Waals surface area contributed by atoms with Gasteiger partial charge in [-0.3, -0.25) is 9.52 Å². The van der Waals surface area contributed by atoms with Crippen molar-refractivity contribution in [2.24, 2.45) is 0 Å². The number of anilines is 2. The number of nitrogens with one attached hydrogen (secondary N) is 2. The average Bonchev–Trinajstić information content (AvgIpc) is 2.39. The quantitative estimate of drug-likeness (QED) is 0.824. The van der Waals surface area contributed by atoms with Crippen molar-refractivity contribution < 1.29 is 4.79 Å². The number of hydrogen-bond acceptors (Lipinski definition) is 3. The first-order chi connectivity index (χ1) is 8.74. The first kappa shape index (κ1) is 12.5. The van der Waals surface area contributed by atoms with Crippen LogP contribution in [0.1, 0.15) is 6.92 Å². The van der Waals surface area contributed by atoms with Crippen LogP contribution in [0.15, 0.2) is 59.5 Å². The van der Waals surface area contributed by atoms with Crippen LogP contribution >= 0.6 is 11.9 Å². The topological polar surface area (TPSA) is 41.1 Å². The Kier molecular flexibility index (Phi) is 4.25. The first-order valence-corrected chi connectivity index (χ1v) is 6.41. The van der Waals surface area contributed by atoms with Crippen molar-refractivity contribution in [1.29, 1.82) is 0 Å². The highest BCUT2D eigenvalue weighted by molar-refractivity contribution is 7.98. The lowest BCUT2D eigenvalue weighted by atomic mass is 10.3.